The minimum Gasteiger partial charge on any atom is -0.387 e. The van der Waals surface area contributed by atoms with Gasteiger partial charge in [0.05, 0.1) is 16.7 Å². The molecule has 10 nitrogen and oxygen atoms in total. The first-order valence-electron chi connectivity index (χ1n) is 8.63. The van der Waals surface area contributed by atoms with E-state index in [4.69, 9.17) is 11.1 Å². The molecule has 0 aliphatic carbocycles. The predicted octanol–water partition coefficient (Wildman–Crippen LogP) is 1.67. The summed E-state index contributed by atoms with van der Waals surface area (Å²) in [5.74, 6) is 1.46. The van der Waals surface area contributed by atoms with E-state index >= 15 is 0 Å². The standard InChI is InChI=1S/C17H23N7O3S2/c18-16(19)23-17-22-13(11-29-17)10-28-7-6-20-15(9-24(26)27)21-8-14(25)12-4-2-1-3-5-12/h1-5,9,11,14,20-21,25H,6-8,10H2,(H4,18,19,22,23). The second kappa shape index (κ2) is 11.9. The van der Waals surface area contributed by atoms with Gasteiger partial charge in [0.1, 0.15) is 0 Å². The SMILES string of the molecule is N=C(N)Nc1nc(CSCCNC(=C[N+](=O)[O-])NCC(O)c2ccccc2)cs1. The van der Waals surface area contributed by atoms with Crippen LogP contribution in [0.15, 0.2) is 47.7 Å². The molecule has 0 saturated heterocycles. The predicted molar refractivity (Wildman–Crippen MR) is 116 cm³/mol. The van der Waals surface area contributed by atoms with Crippen LogP contribution in [-0.2, 0) is 5.75 Å². The van der Waals surface area contributed by atoms with E-state index in [2.05, 4.69) is 20.9 Å². The molecule has 0 amide bonds. The molecule has 0 radical (unpaired) electrons. The molecule has 1 heterocycles. The lowest BCUT2D eigenvalue weighted by molar-refractivity contribution is -0.404. The maximum atomic E-state index is 10.8. The molecule has 2 aromatic rings. The average Bonchev–Trinajstić information content (AvgIpc) is 3.12. The van der Waals surface area contributed by atoms with Gasteiger partial charge >= 0.3 is 0 Å². The van der Waals surface area contributed by atoms with Crippen LogP contribution in [0.1, 0.15) is 17.4 Å². The highest BCUT2D eigenvalue weighted by Crippen LogP contribution is 2.19. The Morgan fingerprint density at radius 1 is 1.41 bits per heavy atom. The van der Waals surface area contributed by atoms with Crippen LogP contribution in [0.25, 0.3) is 0 Å². The van der Waals surface area contributed by atoms with Gasteiger partial charge in [-0.3, -0.25) is 15.5 Å². The van der Waals surface area contributed by atoms with Crippen molar-refractivity contribution in [2.45, 2.75) is 11.9 Å². The van der Waals surface area contributed by atoms with Crippen molar-refractivity contribution in [3.05, 3.63) is 69.1 Å². The third-order valence-electron chi connectivity index (χ3n) is 3.51. The Balaban J connectivity index is 1.72. The zero-order chi connectivity index (χ0) is 21.1. The van der Waals surface area contributed by atoms with E-state index in [-0.39, 0.29) is 18.3 Å². The molecular formula is C17H23N7O3S2. The van der Waals surface area contributed by atoms with Gasteiger partial charge in [0, 0.05) is 30.0 Å². The normalized spacial score (nSPS) is 12.2. The fourth-order valence-electron chi connectivity index (χ4n) is 2.24. The Kier molecular flexibility index (Phi) is 9.21. The molecule has 1 aromatic heterocycles. The minimum atomic E-state index is -0.773. The lowest BCUT2D eigenvalue weighted by atomic mass is 10.1. The molecule has 7 N–H and O–H groups in total. The molecule has 0 spiro atoms. The van der Waals surface area contributed by atoms with Gasteiger partial charge in [-0.05, 0) is 5.56 Å². The fraction of sp³-hybridized carbons (Fsp3) is 0.294. The number of rotatable bonds is 12. The van der Waals surface area contributed by atoms with E-state index in [0.29, 0.717) is 23.2 Å². The summed E-state index contributed by atoms with van der Waals surface area (Å²) in [5, 5.41) is 39.1. The highest BCUT2D eigenvalue weighted by molar-refractivity contribution is 7.98. The minimum absolute atomic E-state index is 0.147. The maximum absolute atomic E-state index is 10.8. The van der Waals surface area contributed by atoms with Crippen molar-refractivity contribution in [2.75, 3.05) is 24.2 Å². The number of hydrogen-bond acceptors (Lipinski definition) is 9. The van der Waals surface area contributed by atoms with Crippen molar-refractivity contribution in [2.24, 2.45) is 5.73 Å². The zero-order valence-electron chi connectivity index (χ0n) is 15.5. The van der Waals surface area contributed by atoms with Crippen LogP contribution in [0, 0.1) is 15.5 Å². The van der Waals surface area contributed by atoms with Crippen LogP contribution in [0.3, 0.4) is 0 Å². The second-order valence-corrected chi connectivity index (χ2v) is 7.76. The van der Waals surface area contributed by atoms with E-state index in [9.17, 15) is 15.2 Å². The molecular weight excluding hydrogens is 414 g/mol. The largest absolute Gasteiger partial charge is 0.387 e. The number of nitrogens with one attached hydrogen (secondary N) is 4. The van der Waals surface area contributed by atoms with Crippen molar-refractivity contribution in [3.8, 4) is 0 Å². The number of guanidine groups is 1. The highest BCUT2D eigenvalue weighted by atomic mass is 32.2. The first-order valence-corrected chi connectivity index (χ1v) is 10.7. The fourth-order valence-corrected chi connectivity index (χ4v) is 3.82. The molecule has 29 heavy (non-hydrogen) atoms. The Morgan fingerprint density at radius 3 is 2.86 bits per heavy atom. The lowest BCUT2D eigenvalue weighted by Gasteiger charge is -2.15. The number of aliphatic hydroxyl groups excluding tert-OH is 1. The number of nitrogens with two attached hydrogens (primary N) is 1. The monoisotopic (exact) mass is 437 g/mol. The summed E-state index contributed by atoms with van der Waals surface area (Å²) in [5.41, 5.74) is 6.87. The molecule has 0 aliphatic rings. The van der Waals surface area contributed by atoms with Crippen molar-refractivity contribution >= 4 is 34.2 Å². The molecule has 0 aliphatic heterocycles. The Hall–Kier alpha value is -2.83. The van der Waals surface area contributed by atoms with Crippen LogP contribution >= 0.6 is 23.1 Å². The molecule has 1 unspecified atom stereocenters. The highest BCUT2D eigenvalue weighted by Gasteiger charge is 2.09. The van der Waals surface area contributed by atoms with Gasteiger partial charge < -0.3 is 26.8 Å². The molecule has 0 fully saturated rings. The number of thioether (sulfide) groups is 1. The van der Waals surface area contributed by atoms with E-state index in [0.717, 1.165) is 17.5 Å². The van der Waals surface area contributed by atoms with Crippen molar-refractivity contribution in [1.82, 2.24) is 15.6 Å². The number of anilines is 1. The number of benzene rings is 1. The first kappa shape index (κ1) is 22.5. The number of aliphatic hydroxyl groups is 1. The summed E-state index contributed by atoms with van der Waals surface area (Å²) in [6.07, 6.45) is 0.0766. The molecule has 156 valence electrons. The van der Waals surface area contributed by atoms with Crippen LogP contribution < -0.4 is 21.7 Å². The van der Waals surface area contributed by atoms with Crippen LogP contribution in [-0.4, -0.2) is 39.8 Å². The summed E-state index contributed by atoms with van der Waals surface area (Å²) in [7, 11) is 0. The third-order valence-corrected chi connectivity index (χ3v) is 5.31. The van der Waals surface area contributed by atoms with Gasteiger partial charge in [-0.2, -0.15) is 11.8 Å². The van der Waals surface area contributed by atoms with Gasteiger partial charge in [0.25, 0.3) is 6.20 Å². The second-order valence-electron chi connectivity index (χ2n) is 5.80. The van der Waals surface area contributed by atoms with Crippen LogP contribution in [0.5, 0.6) is 0 Å². The summed E-state index contributed by atoms with van der Waals surface area (Å²) < 4.78 is 0. The van der Waals surface area contributed by atoms with Crippen LogP contribution in [0.4, 0.5) is 5.13 Å². The van der Waals surface area contributed by atoms with E-state index in [1.165, 1.54) is 11.3 Å². The molecule has 12 heteroatoms. The number of thiazole rings is 1. The van der Waals surface area contributed by atoms with Gasteiger partial charge in [0.2, 0.25) is 0 Å². The quantitative estimate of drug-likeness (QED) is 0.0953. The van der Waals surface area contributed by atoms with Crippen molar-refractivity contribution < 1.29 is 10.0 Å². The molecule has 0 bridgehead atoms. The van der Waals surface area contributed by atoms with Crippen molar-refractivity contribution in [1.29, 1.82) is 5.41 Å². The number of hydrogen-bond donors (Lipinski definition) is 6. The lowest BCUT2D eigenvalue weighted by Crippen LogP contribution is -2.31. The molecule has 0 saturated carbocycles. The molecule has 1 atom stereocenters. The third kappa shape index (κ3) is 8.81. The van der Waals surface area contributed by atoms with Crippen molar-refractivity contribution in [3.63, 3.8) is 0 Å². The van der Waals surface area contributed by atoms with Gasteiger partial charge in [-0.15, -0.1) is 11.3 Å². The zero-order valence-corrected chi connectivity index (χ0v) is 17.1. The first-order chi connectivity index (χ1) is 13.9. The number of aromatic nitrogens is 1. The maximum Gasteiger partial charge on any atom is 0.274 e. The summed E-state index contributed by atoms with van der Waals surface area (Å²) in [4.78, 5) is 14.6. The van der Waals surface area contributed by atoms with Gasteiger partial charge in [-0.25, -0.2) is 4.98 Å². The van der Waals surface area contributed by atoms with E-state index in [1.54, 1.807) is 23.9 Å². The Labute approximate surface area is 176 Å². The van der Waals surface area contributed by atoms with Gasteiger partial charge in [-0.1, -0.05) is 30.3 Å². The summed E-state index contributed by atoms with van der Waals surface area (Å²) in [6.45, 7) is 0.649. The van der Waals surface area contributed by atoms with Crippen LogP contribution in [0.2, 0.25) is 0 Å². The van der Waals surface area contributed by atoms with E-state index in [1.807, 2.05) is 23.6 Å². The number of nitro groups is 1. The molecule has 1 aromatic carbocycles. The molecule has 2 rings (SSSR count). The summed E-state index contributed by atoms with van der Waals surface area (Å²) in [6, 6.07) is 9.09. The summed E-state index contributed by atoms with van der Waals surface area (Å²) >= 11 is 2.99. The topological polar surface area (TPSA) is 162 Å². The Bertz CT molecular complexity index is 829. The van der Waals surface area contributed by atoms with E-state index < -0.39 is 11.0 Å². The average molecular weight is 438 g/mol. The van der Waals surface area contributed by atoms with Gasteiger partial charge in [0.15, 0.2) is 16.9 Å². The Morgan fingerprint density at radius 2 is 2.17 bits per heavy atom. The smallest absolute Gasteiger partial charge is 0.274 e. The number of nitrogens with zero attached hydrogens (tertiary/aromatic N) is 2.